The molecule has 0 amide bonds. The fourth-order valence-electron chi connectivity index (χ4n) is 2.49. The smallest absolute Gasteiger partial charge is 0.354 e. The first-order chi connectivity index (χ1) is 11.6. The Hall–Kier alpha value is -3.15. The lowest BCUT2D eigenvalue weighted by atomic mass is 10.0. The molecule has 0 unspecified atom stereocenters. The van der Waals surface area contributed by atoms with Crippen LogP contribution in [0.25, 0.3) is 11.0 Å². The molecule has 3 N–H and O–H groups in total. The predicted molar refractivity (Wildman–Crippen MR) is 92.1 cm³/mol. The molecule has 0 saturated carbocycles. The SMILES string of the molecule is CCCNc1cc(C(=O)O)ncc1C(=N)c1coc2ccccc12. The van der Waals surface area contributed by atoms with E-state index in [4.69, 9.17) is 14.9 Å². The van der Waals surface area contributed by atoms with Crippen molar-refractivity contribution in [1.29, 1.82) is 5.41 Å². The Labute approximate surface area is 138 Å². The summed E-state index contributed by atoms with van der Waals surface area (Å²) in [6, 6.07) is 8.95. The summed E-state index contributed by atoms with van der Waals surface area (Å²) in [4.78, 5) is 15.1. The normalized spacial score (nSPS) is 10.7. The number of nitrogens with one attached hydrogen (secondary N) is 2. The highest BCUT2D eigenvalue weighted by Crippen LogP contribution is 2.26. The summed E-state index contributed by atoms with van der Waals surface area (Å²) in [6.45, 7) is 2.69. The van der Waals surface area contributed by atoms with Gasteiger partial charge in [-0.15, -0.1) is 0 Å². The summed E-state index contributed by atoms with van der Waals surface area (Å²) in [6.07, 6.45) is 3.85. The van der Waals surface area contributed by atoms with Crippen LogP contribution in [0.15, 0.2) is 47.2 Å². The number of aromatic nitrogens is 1. The molecule has 0 aliphatic heterocycles. The maximum atomic E-state index is 11.2. The van der Waals surface area contributed by atoms with Gasteiger partial charge in [-0.1, -0.05) is 25.1 Å². The van der Waals surface area contributed by atoms with Crippen LogP contribution in [0.4, 0.5) is 5.69 Å². The van der Waals surface area contributed by atoms with Crippen LogP contribution in [0.3, 0.4) is 0 Å². The Morgan fingerprint density at radius 2 is 2.12 bits per heavy atom. The van der Waals surface area contributed by atoms with Crippen LogP contribution in [-0.4, -0.2) is 28.3 Å². The van der Waals surface area contributed by atoms with E-state index >= 15 is 0 Å². The molecule has 0 aliphatic rings. The van der Waals surface area contributed by atoms with Crippen molar-refractivity contribution in [3.63, 3.8) is 0 Å². The van der Waals surface area contributed by atoms with Gasteiger partial charge in [0.25, 0.3) is 0 Å². The molecule has 0 radical (unpaired) electrons. The number of benzene rings is 1. The molecular weight excluding hydrogens is 306 g/mol. The summed E-state index contributed by atoms with van der Waals surface area (Å²) in [5.41, 5.74) is 2.66. The van der Waals surface area contributed by atoms with Gasteiger partial charge in [0, 0.05) is 34.9 Å². The predicted octanol–water partition coefficient (Wildman–Crippen LogP) is 3.76. The lowest BCUT2D eigenvalue weighted by molar-refractivity contribution is 0.0690. The van der Waals surface area contributed by atoms with Gasteiger partial charge in [0.2, 0.25) is 0 Å². The molecule has 0 bridgehead atoms. The number of carbonyl (C=O) groups is 1. The third kappa shape index (κ3) is 2.86. The molecule has 2 aromatic heterocycles. The molecule has 0 saturated heterocycles. The largest absolute Gasteiger partial charge is 0.477 e. The number of carboxylic acids is 1. The minimum absolute atomic E-state index is 0.0535. The fraction of sp³-hybridized carbons (Fsp3) is 0.167. The molecule has 1 aromatic carbocycles. The van der Waals surface area contributed by atoms with E-state index in [1.54, 1.807) is 6.26 Å². The van der Waals surface area contributed by atoms with E-state index in [1.165, 1.54) is 12.3 Å². The summed E-state index contributed by atoms with van der Waals surface area (Å²) in [7, 11) is 0. The first-order valence-electron chi connectivity index (χ1n) is 7.64. The standard InChI is InChI=1S/C18H17N3O3/c1-2-7-20-14-8-15(18(22)23)21-9-12(14)17(19)13-10-24-16-6-4-3-5-11(13)16/h3-6,8-10,19H,2,7H2,1H3,(H,20,21)(H,22,23). The minimum atomic E-state index is -1.10. The van der Waals surface area contributed by atoms with E-state index in [-0.39, 0.29) is 11.4 Å². The maximum Gasteiger partial charge on any atom is 0.354 e. The number of anilines is 1. The average molecular weight is 323 g/mol. The summed E-state index contributed by atoms with van der Waals surface area (Å²) in [5.74, 6) is -1.10. The van der Waals surface area contributed by atoms with Crippen LogP contribution in [-0.2, 0) is 0 Å². The van der Waals surface area contributed by atoms with Crippen molar-refractivity contribution in [3.8, 4) is 0 Å². The Morgan fingerprint density at radius 1 is 1.33 bits per heavy atom. The van der Waals surface area contributed by atoms with Crippen molar-refractivity contribution in [1.82, 2.24) is 4.98 Å². The third-order valence-electron chi connectivity index (χ3n) is 3.71. The van der Waals surface area contributed by atoms with Gasteiger partial charge in [-0.2, -0.15) is 0 Å². The third-order valence-corrected chi connectivity index (χ3v) is 3.71. The van der Waals surface area contributed by atoms with Gasteiger partial charge in [-0.3, -0.25) is 5.41 Å². The van der Waals surface area contributed by atoms with Crippen molar-refractivity contribution in [2.45, 2.75) is 13.3 Å². The van der Waals surface area contributed by atoms with E-state index in [2.05, 4.69) is 10.3 Å². The Balaban J connectivity index is 2.06. The second kappa shape index (κ2) is 6.54. The second-order valence-corrected chi connectivity index (χ2v) is 5.37. The van der Waals surface area contributed by atoms with Crippen molar-refractivity contribution in [2.75, 3.05) is 11.9 Å². The molecule has 122 valence electrons. The topological polar surface area (TPSA) is 99.2 Å². The number of furan rings is 1. The average Bonchev–Trinajstić information content (AvgIpc) is 3.03. The molecule has 0 aliphatic carbocycles. The van der Waals surface area contributed by atoms with E-state index in [9.17, 15) is 4.79 Å². The summed E-state index contributed by atoms with van der Waals surface area (Å²) in [5, 5.41) is 21.7. The van der Waals surface area contributed by atoms with Gasteiger partial charge in [0.1, 0.15) is 17.5 Å². The number of pyridine rings is 1. The van der Waals surface area contributed by atoms with Crippen molar-refractivity contribution < 1.29 is 14.3 Å². The molecule has 0 spiro atoms. The number of nitrogens with zero attached hydrogens (tertiary/aromatic N) is 1. The monoisotopic (exact) mass is 323 g/mol. The van der Waals surface area contributed by atoms with Gasteiger partial charge in [-0.25, -0.2) is 9.78 Å². The Kier molecular flexibility index (Phi) is 4.29. The van der Waals surface area contributed by atoms with Crippen LogP contribution < -0.4 is 5.32 Å². The van der Waals surface area contributed by atoms with Crippen LogP contribution >= 0.6 is 0 Å². The zero-order valence-electron chi connectivity index (χ0n) is 13.2. The van der Waals surface area contributed by atoms with E-state index in [1.807, 2.05) is 31.2 Å². The Morgan fingerprint density at radius 3 is 2.88 bits per heavy atom. The lowest BCUT2D eigenvalue weighted by Crippen LogP contribution is -2.11. The van der Waals surface area contributed by atoms with Crippen LogP contribution in [0.1, 0.15) is 35.0 Å². The van der Waals surface area contributed by atoms with E-state index in [0.717, 1.165) is 11.8 Å². The van der Waals surface area contributed by atoms with Gasteiger partial charge in [0.15, 0.2) is 0 Å². The number of hydrogen-bond acceptors (Lipinski definition) is 5. The quantitative estimate of drug-likeness (QED) is 0.600. The van der Waals surface area contributed by atoms with Gasteiger partial charge >= 0.3 is 5.97 Å². The zero-order valence-corrected chi connectivity index (χ0v) is 13.2. The van der Waals surface area contributed by atoms with Crippen LogP contribution in [0, 0.1) is 5.41 Å². The highest BCUT2D eigenvalue weighted by atomic mass is 16.4. The Bertz CT molecular complexity index is 915. The molecule has 2 heterocycles. The molecule has 0 fully saturated rings. The molecule has 6 nitrogen and oxygen atoms in total. The molecular formula is C18H17N3O3. The summed E-state index contributed by atoms with van der Waals surface area (Å²) >= 11 is 0. The highest BCUT2D eigenvalue weighted by molar-refractivity contribution is 6.19. The number of carboxylic acid groups (broad SMARTS) is 1. The first-order valence-corrected chi connectivity index (χ1v) is 7.64. The number of hydrogen-bond donors (Lipinski definition) is 3. The second-order valence-electron chi connectivity index (χ2n) is 5.37. The minimum Gasteiger partial charge on any atom is -0.477 e. The highest BCUT2D eigenvalue weighted by Gasteiger charge is 2.17. The number of rotatable bonds is 6. The van der Waals surface area contributed by atoms with E-state index < -0.39 is 5.97 Å². The van der Waals surface area contributed by atoms with Crippen molar-refractivity contribution in [2.24, 2.45) is 0 Å². The lowest BCUT2D eigenvalue weighted by Gasteiger charge is -2.12. The number of para-hydroxylation sites is 1. The summed E-state index contributed by atoms with van der Waals surface area (Å²) < 4.78 is 5.50. The molecule has 3 aromatic rings. The van der Waals surface area contributed by atoms with Gasteiger partial charge < -0.3 is 14.8 Å². The van der Waals surface area contributed by atoms with Crippen molar-refractivity contribution in [3.05, 3.63) is 59.6 Å². The number of fused-ring (bicyclic) bond motifs is 1. The van der Waals surface area contributed by atoms with Crippen molar-refractivity contribution >= 4 is 28.3 Å². The van der Waals surface area contributed by atoms with Crippen LogP contribution in [0.5, 0.6) is 0 Å². The first kappa shape index (κ1) is 15.7. The zero-order chi connectivity index (χ0) is 17.1. The van der Waals surface area contributed by atoms with Gasteiger partial charge in [-0.05, 0) is 18.6 Å². The maximum absolute atomic E-state index is 11.2. The van der Waals surface area contributed by atoms with E-state index in [0.29, 0.717) is 28.9 Å². The molecule has 6 heteroatoms. The molecule has 3 rings (SSSR count). The molecule has 0 atom stereocenters. The fourth-order valence-corrected chi connectivity index (χ4v) is 2.49. The molecule has 24 heavy (non-hydrogen) atoms. The van der Waals surface area contributed by atoms with Gasteiger partial charge in [0.05, 0.1) is 5.71 Å². The number of aromatic carboxylic acids is 1. The van der Waals surface area contributed by atoms with Crippen LogP contribution in [0.2, 0.25) is 0 Å².